The van der Waals surface area contributed by atoms with Gasteiger partial charge in [0.15, 0.2) is 0 Å². The SMILES string of the molecule is CN1CCN(C(=O)c2cc([C@H]3CCN(C(=O)CCC(N)=O)C3)nc3ccccc23)CC1. The minimum atomic E-state index is -0.465. The number of rotatable bonds is 5. The Morgan fingerprint density at radius 1 is 1.03 bits per heavy atom. The Bertz CT molecular complexity index is 1000. The van der Waals surface area contributed by atoms with Gasteiger partial charge >= 0.3 is 0 Å². The topological polar surface area (TPSA) is 99.8 Å². The van der Waals surface area contributed by atoms with Crippen molar-refractivity contribution < 1.29 is 14.4 Å². The van der Waals surface area contributed by atoms with Crippen molar-refractivity contribution in [2.45, 2.75) is 25.2 Å². The number of carbonyl (C=O) groups excluding carboxylic acids is 3. The van der Waals surface area contributed by atoms with E-state index in [-0.39, 0.29) is 30.6 Å². The molecule has 0 spiro atoms. The van der Waals surface area contributed by atoms with Crippen molar-refractivity contribution in [3.05, 3.63) is 41.6 Å². The van der Waals surface area contributed by atoms with Crippen molar-refractivity contribution in [1.29, 1.82) is 0 Å². The van der Waals surface area contributed by atoms with Crippen molar-refractivity contribution in [2.24, 2.45) is 5.73 Å². The predicted molar refractivity (Wildman–Crippen MR) is 118 cm³/mol. The van der Waals surface area contributed by atoms with Gasteiger partial charge in [-0.2, -0.15) is 0 Å². The van der Waals surface area contributed by atoms with Crippen LogP contribution in [0.5, 0.6) is 0 Å². The largest absolute Gasteiger partial charge is 0.370 e. The number of pyridine rings is 1. The molecule has 0 aliphatic carbocycles. The van der Waals surface area contributed by atoms with Gasteiger partial charge in [0.2, 0.25) is 11.8 Å². The van der Waals surface area contributed by atoms with Gasteiger partial charge in [0, 0.05) is 69.1 Å². The van der Waals surface area contributed by atoms with Crippen LogP contribution in [0.25, 0.3) is 10.9 Å². The van der Waals surface area contributed by atoms with Crippen molar-refractivity contribution in [1.82, 2.24) is 19.7 Å². The lowest BCUT2D eigenvalue weighted by Gasteiger charge is -2.32. The van der Waals surface area contributed by atoms with Gasteiger partial charge in [-0.15, -0.1) is 0 Å². The van der Waals surface area contributed by atoms with Gasteiger partial charge in [-0.05, 0) is 25.6 Å². The van der Waals surface area contributed by atoms with Crippen LogP contribution >= 0.6 is 0 Å². The summed E-state index contributed by atoms with van der Waals surface area (Å²) in [5.74, 6) is -0.412. The summed E-state index contributed by atoms with van der Waals surface area (Å²) >= 11 is 0. The van der Waals surface area contributed by atoms with Gasteiger partial charge in [0.25, 0.3) is 5.91 Å². The Balaban J connectivity index is 1.57. The van der Waals surface area contributed by atoms with E-state index < -0.39 is 5.91 Å². The van der Waals surface area contributed by atoms with Gasteiger partial charge in [-0.1, -0.05) is 18.2 Å². The van der Waals surface area contributed by atoms with Gasteiger partial charge in [0.05, 0.1) is 11.1 Å². The monoisotopic (exact) mass is 423 g/mol. The summed E-state index contributed by atoms with van der Waals surface area (Å²) in [6, 6.07) is 9.66. The number of likely N-dealkylation sites (tertiary alicyclic amines) is 1. The van der Waals surface area contributed by atoms with E-state index in [1.165, 1.54) is 0 Å². The number of nitrogens with zero attached hydrogens (tertiary/aromatic N) is 4. The summed E-state index contributed by atoms with van der Waals surface area (Å²) in [6.45, 7) is 4.34. The third-order valence-electron chi connectivity index (χ3n) is 6.30. The summed E-state index contributed by atoms with van der Waals surface area (Å²) in [7, 11) is 2.07. The standard InChI is InChI=1S/C23H29N5O3/c1-26-10-12-27(13-11-26)23(31)18-14-20(25-19-5-3-2-4-17(18)19)16-8-9-28(15-16)22(30)7-6-21(24)29/h2-5,14,16H,6-13,15H2,1H3,(H2,24,29)/t16-/m0/s1. The third-order valence-corrected chi connectivity index (χ3v) is 6.30. The second-order valence-corrected chi connectivity index (χ2v) is 8.50. The lowest BCUT2D eigenvalue weighted by Crippen LogP contribution is -2.47. The molecule has 2 N–H and O–H groups in total. The van der Waals surface area contributed by atoms with Gasteiger partial charge in [0.1, 0.15) is 0 Å². The number of likely N-dealkylation sites (N-methyl/N-ethyl adjacent to an activating group) is 1. The number of fused-ring (bicyclic) bond motifs is 1. The number of hydrogen-bond donors (Lipinski definition) is 1. The highest BCUT2D eigenvalue weighted by Gasteiger charge is 2.30. The zero-order valence-electron chi connectivity index (χ0n) is 17.9. The zero-order valence-corrected chi connectivity index (χ0v) is 17.9. The average molecular weight is 424 g/mol. The summed E-state index contributed by atoms with van der Waals surface area (Å²) < 4.78 is 0. The number of amides is 3. The molecule has 0 radical (unpaired) electrons. The molecule has 8 nitrogen and oxygen atoms in total. The highest BCUT2D eigenvalue weighted by Crippen LogP contribution is 2.30. The minimum absolute atomic E-state index is 0.0420. The van der Waals surface area contributed by atoms with Crippen LogP contribution in [0.1, 0.15) is 41.2 Å². The highest BCUT2D eigenvalue weighted by atomic mass is 16.2. The molecular weight excluding hydrogens is 394 g/mol. The minimum Gasteiger partial charge on any atom is -0.370 e. The molecule has 4 rings (SSSR count). The number of nitrogens with two attached hydrogens (primary N) is 1. The molecule has 1 atom stereocenters. The van der Waals surface area contributed by atoms with E-state index in [1.54, 1.807) is 4.90 Å². The molecule has 8 heteroatoms. The Kier molecular flexibility index (Phi) is 6.18. The molecule has 2 aromatic rings. The lowest BCUT2D eigenvalue weighted by molar-refractivity contribution is -0.132. The molecule has 2 saturated heterocycles. The fraction of sp³-hybridized carbons (Fsp3) is 0.478. The molecule has 2 aliphatic heterocycles. The molecule has 164 valence electrons. The van der Waals surface area contributed by atoms with Crippen LogP contribution in [0.2, 0.25) is 0 Å². The number of carbonyl (C=O) groups is 3. The normalized spacial score (nSPS) is 19.7. The van der Waals surface area contributed by atoms with E-state index in [4.69, 9.17) is 10.7 Å². The second-order valence-electron chi connectivity index (χ2n) is 8.50. The van der Waals surface area contributed by atoms with Gasteiger partial charge < -0.3 is 20.4 Å². The molecule has 0 bridgehead atoms. The molecule has 3 amide bonds. The van der Waals surface area contributed by atoms with Gasteiger partial charge in [-0.25, -0.2) is 0 Å². The number of hydrogen-bond acceptors (Lipinski definition) is 5. The summed E-state index contributed by atoms with van der Waals surface area (Å²) in [4.78, 5) is 47.5. The Labute approximate surface area is 182 Å². The van der Waals surface area contributed by atoms with Crippen LogP contribution < -0.4 is 5.73 Å². The fourth-order valence-electron chi connectivity index (χ4n) is 4.38. The number of para-hydroxylation sites is 1. The lowest BCUT2D eigenvalue weighted by atomic mass is 9.98. The first-order valence-corrected chi connectivity index (χ1v) is 10.9. The molecule has 0 unspecified atom stereocenters. The number of aromatic nitrogens is 1. The van der Waals surface area contributed by atoms with Crippen molar-refractivity contribution in [2.75, 3.05) is 46.3 Å². The van der Waals surface area contributed by atoms with Crippen LogP contribution in [0, 0.1) is 0 Å². The number of piperazine rings is 1. The smallest absolute Gasteiger partial charge is 0.254 e. The number of benzene rings is 1. The van der Waals surface area contributed by atoms with Crippen LogP contribution in [-0.4, -0.2) is 83.7 Å². The van der Waals surface area contributed by atoms with Gasteiger partial charge in [-0.3, -0.25) is 19.4 Å². The summed E-state index contributed by atoms with van der Waals surface area (Å²) in [5.41, 5.74) is 7.50. The molecule has 1 aromatic carbocycles. The van der Waals surface area contributed by atoms with E-state index in [2.05, 4.69) is 11.9 Å². The molecule has 0 saturated carbocycles. The van der Waals surface area contributed by atoms with Crippen molar-refractivity contribution >= 4 is 28.6 Å². The Hall–Kier alpha value is -3.00. The molecular formula is C23H29N5O3. The summed E-state index contributed by atoms with van der Waals surface area (Å²) in [5, 5.41) is 0.863. The van der Waals surface area contributed by atoms with Crippen molar-refractivity contribution in [3.63, 3.8) is 0 Å². The second kappa shape index (κ2) is 9.01. The first kappa shape index (κ1) is 21.2. The Morgan fingerprint density at radius 3 is 2.52 bits per heavy atom. The van der Waals surface area contributed by atoms with Crippen molar-refractivity contribution in [3.8, 4) is 0 Å². The van der Waals surface area contributed by atoms with E-state index in [0.717, 1.165) is 36.1 Å². The Morgan fingerprint density at radius 2 is 1.77 bits per heavy atom. The third kappa shape index (κ3) is 4.69. The molecule has 3 heterocycles. The molecule has 31 heavy (non-hydrogen) atoms. The van der Waals surface area contributed by atoms with Crippen LogP contribution in [0.4, 0.5) is 0 Å². The maximum atomic E-state index is 13.4. The average Bonchev–Trinajstić information content (AvgIpc) is 3.27. The van der Waals surface area contributed by atoms with E-state index in [0.29, 0.717) is 31.7 Å². The molecule has 2 fully saturated rings. The maximum Gasteiger partial charge on any atom is 0.254 e. The first-order chi connectivity index (χ1) is 14.9. The quantitative estimate of drug-likeness (QED) is 0.779. The van der Waals surface area contributed by atoms with E-state index in [1.807, 2.05) is 35.2 Å². The maximum absolute atomic E-state index is 13.4. The predicted octanol–water partition coefficient (Wildman–Crippen LogP) is 1.20. The highest BCUT2D eigenvalue weighted by molar-refractivity contribution is 6.06. The first-order valence-electron chi connectivity index (χ1n) is 10.9. The van der Waals surface area contributed by atoms with Crippen LogP contribution in [-0.2, 0) is 9.59 Å². The van der Waals surface area contributed by atoms with Crippen LogP contribution in [0.15, 0.2) is 30.3 Å². The molecule has 2 aliphatic rings. The zero-order chi connectivity index (χ0) is 22.0. The summed E-state index contributed by atoms with van der Waals surface area (Å²) in [6.07, 6.45) is 0.994. The van der Waals surface area contributed by atoms with Crippen LogP contribution in [0.3, 0.4) is 0 Å². The van der Waals surface area contributed by atoms with E-state index in [9.17, 15) is 14.4 Å². The molecule has 1 aromatic heterocycles. The fourth-order valence-corrected chi connectivity index (χ4v) is 4.38. The van der Waals surface area contributed by atoms with E-state index >= 15 is 0 Å². The number of primary amides is 1.